The van der Waals surface area contributed by atoms with E-state index in [1.807, 2.05) is 0 Å². The van der Waals surface area contributed by atoms with E-state index in [1.165, 1.54) is 50.8 Å². The first-order valence-corrected chi connectivity index (χ1v) is 8.72. The van der Waals surface area contributed by atoms with Gasteiger partial charge in [0.2, 0.25) is 0 Å². The molecule has 1 aromatic carbocycles. The van der Waals surface area contributed by atoms with E-state index in [1.54, 1.807) is 0 Å². The van der Waals surface area contributed by atoms with E-state index in [9.17, 15) is 0 Å². The van der Waals surface area contributed by atoms with Gasteiger partial charge < -0.3 is 5.32 Å². The number of rotatable bonds is 6. The highest BCUT2D eigenvalue weighted by Gasteiger charge is 2.32. The first kappa shape index (κ1) is 16.5. The molecule has 1 N–H and O–H groups in total. The van der Waals surface area contributed by atoms with Gasteiger partial charge >= 0.3 is 0 Å². The molecule has 0 radical (unpaired) electrons. The maximum Gasteiger partial charge on any atom is 0.0303 e. The molecule has 21 heavy (non-hydrogen) atoms. The van der Waals surface area contributed by atoms with Crippen molar-refractivity contribution in [1.82, 2.24) is 10.2 Å². The van der Waals surface area contributed by atoms with Crippen LogP contribution in [-0.4, -0.2) is 36.1 Å². The summed E-state index contributed by atoms with van der Waals surface area (Å²) in [6.45, 7) is 10.6. The molecule has 2 heteroatoms. The number of nitrogens with zero attached hydrogens (tertiary/aromatic N) is 1. The number of hydrogen-bond donors (Lipinski definition) is 1. The van der Waals surface area contributed by atoms with Crippen molar-refractivity contribution in [2.24, 2.45) is 0 Å². The smallest absolute Gasteiger partial charge is 0.0303 e. The van der Waals surface area contributed by atoms with Crippen LogP contribution in [0.2, 0.25) is 0 Å². The second kappa shape index (κ2) is 7.95. The molecule has 0 aliphatic carbocycles. The summed E-state index contributed by atoms with van der Waals surface area (Å²) in [5, 5.41) is 3.82. The standard InChI is InChI=1S/C19H32N2/c1-4-19(5-2)16-21(17(3)13-14-20-19)15-9-12-18-10-7-6-8-11-18/h6-8,10-11,17,20H,4-5,9,12-16H2,1-3H3. The Labute approximate surface area is 130 Å². The van der Waals surface area contributed by atoms with Gasteiger partial charge in [-0.3, -0.25) is 4.90 Å². The highest BCUT2D eigenvalue weighted by atomic mass is 15.2. The normalized spacial score (nSPS) is 22.9. The van der Waals surface area contributed by atoms with Gasteiger partial charge in [0.25, 0.3) is 0 Å². The Balaban J connectivity index is 1.90. The molecule has 1 aromatic rings. The van der Waals surface area contributed by atoms with E-state index < -0.39 is 0 Å². The summed E-state index contributed by atoms with van der Waals surface area (Å²) in [7, 11) is 0. The monoisotopic (exact) mass is 288 g/mol. The van der Waals surface area contributed by atoms with Crippen LogP contribution in [0, 0.1) is 0 Å². The van der Waals surface area contributed by atoms with Crippen LogP contribution in [0.3, 0.4) is 0 Å². The topological polar surface area (TPSA) is 15.3 Å². The van der Waals surface area contributed by atoms with E-state index in [4.69, 9.17) is 0 Å². The van der Waals surface area contributed by atoms with Gasteiger partial charge in [-0.1, -0.05) is 44.2 Å². The quantitative estimate of drug-likeness (QED) is 0.855. The molecule has 0 bridgehead atoms. The molecule has 2 rings (SSSR count). The minimum absolute atomic E-state index is 0.331. The van der Waals surface area contributed by atoms with Gasteiger partial charge in [0, 0.05) is 18.1 Å². The Morgan fingerprint density at radius 3 is 2.57 bits per heavy atom. The van der Waals surface area contributed by atoms with Crippen molar-refractivity contribution in [2.75, 3.05) is 19.6 Å². The van der Waals surface area contributed by atoms with Gasteiger partial charge in [-0.05, 0) is 57.7 Å². The van der Waals surface area contributed by atoms with Crippen molar-refractivity contribution in [2.45, 2.75) is 64.5 Å². The molecule has 2 nitrogen and oxygen atoms in total. The average Bonchev–Trinajstić information content (AvgIpc) is 2.68. The van der Waals surface area contributed by atoms with Crippen molar-refractivity contribution in [3.63, 3.8) is 0 Å². The first-order chi connectivity index (χ1) is 10.2. The zero-order valence-electron chi connectivity index (χ0n) is 14.1. The average molecular weight is 288 g/mol. The highest BCUT2D eigenvalue weighted by Crippen LogP contribution is 2.22. The molecule has 1 aliphatic rings. The first-order valence-electron chi connectivity index (χ1n) is 8.72. The summed E-state index contributed by atoms with van der Waals surface area (Å²) in [5.74, 6) is 0. The van der Waals surface area contributed by atoms with Crippen LogP contribution < -0.4 is 5.32 Å². The van der Waals surface area contributed by atoms with Crippen molar-refractivity contribution in [1.29, 1.82) is 0 Å². The zero-order valence-corrected chi connectivity index (χ0v) is 14.1. The molecule has 1 fully saturated rings. The van der Waals surface area contributed by atoms with E-state index >= 15 is 0 Å². The van der Waals surface area contributed by atoms with Gasteiger partial charge in [0.1, 0.15) is 0 Å². The number of nitrogens with one attached hydrogen (secondary N) is 1. The molecule has 118 valence electrons. The van der Waals surface area contributed by atoms with Gasteiger partial charge in [-0.2, -0.15) is 0 Å². The largest absolute Gasteiger partial charge is 0.310 e. The predicted molar refractivity (Wildman–Crippen MR) is 91.7 cm³/mol. The molecule has 0 spiro atoms. The molecule has 1 aliphatic heterocycles. The molecule has 0 amide bonds. The van der Waals surface area contributed by atoms with E-state index in [-0.39, 0.29) is 0 Å². The van der Waals surface area contributed by atoms with Crippen LogP contribution in [-0.2, 0) is 6.42 Å². The Morgan fingerprint density at radius 2 is 1.90 bits per heavy atom. The van der Waals surface area contributed by atoms with Crippen LogP contribution >= 0.6 is 0 Å². The van der Waals surface area contributed by atoms with Gasteiger partial charge in [0.05, 0.1) is 0 Å². The number of benzene rings is 1. The Morgan fingerprint density at radius 1 is 1.19 bits per heavy atom. The molecular weight excluding hydrogens is 256 g/mol. The van der Waals surface area contributed by atoms with Crippen molar-refractivity contribution >= 4 is 0 Å². The van der Waals surface area contributed by atoms with Crippen molar-refractivity contribution < 1.29 is 0 Å². The number of hydrogen-bond acceptors (Lipinski definition) is 2. The third kappa shape index (κ3) is 4.55. The van der Waals surface area contributed by atoms with Gasteiger partial charge in [-0.25, -0.2) is 0 Å². The minimum atomic E-state index is 0.331. The molecule has 1 heterocycles. The van der Waals surface area contributed by atoms with Crippen LogP contribution in [0.15, 0.2) is 30.3 Å². The summed E-state index contributed by atoms with van der Waals surface area (Å²) >= 11 is 0. The molecule has 0 aromatic heterocycles. The third-order valence-corrected chi connectivity index (χ3v) is 5.30. The van der Waals surface area contributed by atoms with Gasteiger partial charge in [-0.15, -0.1) is 0 Å². The number of aryl methyl sites for hydroxylation is 1. The van der Waals surface area contributed by atoms with Crippen molar-refractivity contribution in [3.8, 4) is 0 Å². The fourth-order valence-corrected chi connectivity index (χ4v) is 3.48. The molecular formula is C19H32N2. The van der Waals surface area contributed by atoms with Crippen LogP contribution in [0.4, 0.5) is 0 Å². The van der Waals surface area contributed by atoms with E-state index in [2.05, 4.69) is 61.3 Å². The zero-order chi connectivity index (χ0) is 15.1. The molecule has 1 atom stereocenters. The van der Waals surface area contributed by atoms with Crippen LogP contribution in [0.5, 0.6) is 0 Å². The maximum atomic E-state index is 3.82. The Bertz CT molecular complexity index is 397. The molecule has 1 unspecified atom stereocenters. The van der Waals surface area contributed by atoms with E-state index in [0.717, 1.165) is 6.54 Å². The van der Waals surface area contributed by atoms with Crippen LogP contribution in [0.1, 0.15) is 52.0 Å². The lowest BCUT2D eigenvalue weighted by molar-refractivity contribution is 0.158. The fraction of sp³-hybridized carbons (Fsp3) is 0.684. The third-order valence-electron chi connectivity index (χ3n) is 5.30. The maximum absolute atomic E-state index is 3.82. The predicted octanol–water partition coefficient (Wildman–Crippen LogP) is 3.86. The SMILES string of the molecule is CCC1(CC)CN(CCCc2ccccc2)C(C)CCN1. The van der Waals surface area contributed by atoms with Crippen LogP contribution in [0.25, 0.3) is 0 Å². The summed E-state index contributed by atoms with van der Waals surface area (Å²) in [5.41, 5.74) is 1.80. The fourth-order valence-electron chi connectivity index (χ4n) is 3.48. The molecule has 0 saturated carbocycles. The van der Waals surface area contributed by atoms with Crippen molar-refractivity contribution in [3.05, 3.63) is 35.9 Å². The lowest BCUT2D eigenvalue weighted by Crippen LogP contribution is -2.51. The highest BCUT2D eigenvalue weighted by molar-refractivity contribution is 5.14. The lowest BCUT2D eigenvalue weighted by Gasteiger charge is -2.37. The summed E-state index contributed by atoms with van der Waals surface area (Å²) in [6.07, 6.45) is 6.19. The molecule has 1 saturated heterocycles. The Hall–Kier alpha value is -0.860. The Kier molecular flexibility index (Phi) is 6.25. The minimum Gasteiger partial charge on any atom is -0.310 e. The summed E-state index contributed by atoms with van der Waals surface area (Å²) in [4.78, 5) is 2.72. The van der Waals surface area contributed by atoms with E-state index in [0.29, 0.717) is 11.6 Å². The lowest BCUT2D eigenvalue weighted by atomic mass is 9.92. The second-order valence-electron chi connectivity index (χ2n) is 6.61. The second-order valence-corrected chi connectivity index (χ2v) is 6.61. The van der Waals surface area contributed by atoms with Gasteiger partial charge in [0.15, 0.2) is 0 Å². The summed E-state index contributed by atoms with van der Waals surface area (Å²) in [6, 6.07) is 11.6. The summed E-state index contributed by atoms with van der Waals surface area (Å²) < 4.78 is 0.